The smallest absolute Gasteiger partial charge is 0.320 e. The average Bonchev–Trinajstić information content (AvgIpc) is 2.76. The molecular weight excluding hydrogens is 285 g/mol. The maximum atomic E-state index is 12.5. The molecule has 96 valence electrons. The third kappa shape index (κ3) is 2.91. The number of hydrogen-bond donors (Lipinski definition) is 0. The van der Waals surface area contributed by atoms with Gasteiger partial charge in [-0.3, -0.25) is 4.57 Å². The molecule has 7 heteroatoms. The molecule has 0 aliphatic carbocycles. The van der Waals surface area contributed by atoms with E-state index in [2.05, 4.69) is 4.98 Å². The predicted octanol–water partition coefficient (Wildman–Crippen LogP) is 4.16. The van der Waals surface area contributed by atoms with Crippen LogP contribution in [0.25, 0.3) is 0 Å². The summed E-state index contributed by atoms with van der Waals surface area (Å²) >= 11 is 11.6. The number of rotatable bonds is 4. The molecule has 2 aromatic rings. The van der Waals surface area contributed by atoms with E-state index in [-0.39, 0.29) is 12.4 Å². The normalized spacial score (nSPS) is 10.9. The van der Waals surface area contributed by atoms with Gasteiger partial charge >= 0.3 is 6.55 Å². The summed E-state index contributed by atoms with van der Waals surface area (Å²) in [5.74, 6) is 0.487. The highest BCUT2D eigenvalue weighted by Crippen LogP contribution is 2.28. The lowest BCUT2D eigenvalue weighted by atomic mass is 10.3. The highest BCUT2D eigenvalue weighted by Gasteiger charge is 2.12. The van der Waals surface area contributed by atoms with Crippen molar-refractivity contribution in [3.8, 4) is 5.75 Å². The van der Waals surface area contributed by atoms with Crippen LogP contribution in [0.5, 0.6) is 5.75 Å². The van der Waals surface area contributed by atoms with Crippen molar-refractivity contribution in [2.24, 2.45) is 0 Å². The van der Waals surface area contributed by atoms with Gasteiger partial charge in [-0.15, -0.1) is 0 Å². The number of imidazole rings is 1. The number of hydrogen-bond acceptors (Lipinski definition) is 2. The molecule has 0 fully saturated rings. The van der Waals surface area contributed by atoms with E-state index in [9.17, 15) is 8.78 Å². The fourth-order valence-corrected chi connectivity index (χ4v) is 1.83. The van der Waals surface area contributed by atoms with Gasteiger partial charge in [0.1, 0.15) is 12.4 Å². The first-order valence-corrected chi connectivity index (χ1v) is 5.71. The number of aromatic nitrogens is 2. The summed E-state index contributed by atoms with van der Waals surface area (Å²) < 4.78 is 31.1. The molecule has 0 saturated carbocycles. The van der Waals surface area contributed by atoms with E-state index in [1.807, 2.05) is 0 Å². The Kier molecular flexibility index (Phi) is 4.04. The van der Waals surface area contributed by atoms with Gasteiger partial charge in [0.25, 0.3) is 0 Å². The van der Waals surface area contributed by atoms with Crippen molar-refractivity contribution in [1.29, 1.82) is 0 Å². The topological polar surface area (TPSA) is 27.1 Å². The van der Waals surface area contributed by atoms with Crippen LogP contribution in [0.2, 0.25) is 10.0 Å². The van der Waals surface area contributed by atoms with Crippen molar-refractivity contribution in [3.05, 3.63) is 46.5 Å². The molecule has 1 aromatic heterocycles. The van der Waals surface area contributed by atoms with E-state index in [0.717, 1.165) is 4.57 Å². The van der Waals surface area contributed by atoms with Crippen LogP contribution in [0.15, 0.2) is 30.6 Å². The number of halogens is 4. The van der Waals surface area contributed by atoms with Gasteiger partial charge < -0.3 is 4.74 Å². The minimum atomic E-state index is -2.65. The maximum Gasteiger partial charge on any atom is 0.320 e. The second-order valence-electron chi connectivity index (χ2n) is 3.39. The van der Waals surface area contributed by atoms with E-state index < -0.39 is 6.55 Å². The SMILES string of the molecule is FC(F)n1ccnc1COc1ccc(Cl)cc1Cl. The molecule has 0 atom stereocenters. The van der Waals surface area contributed by atoms with Gasteiger partial charge in [-0.25, -0.2) is 4.98 Å². The summed E-state index contributed by atoms with van der Waals surface area (Å²) in [4.78, 5) is 3.79. The van der Waals surface area contributed by atoms with E-state index in [0.29, 0.717) is 15.8 Å². The fourth-order valence-electron chi connectivity index (χ4n) is 1.37. The Bertz CT molecular complexity index is 546. The van der Waals surface area contributed by atoms with Gasteiger partial charge in [0, 0.05) is 17.4 Å². The van der Waals surface area contributed by atoms with Crippen LogP contribution in [0, 0.1) is 0 Å². The van der Waals surface area contributed by atoms with E-state index >= 15 is 0 Å². The lowest BCUT2D eigenvalue weighted by molar-refractivity contribution is 0.0632. The van der Waals surface area contributed by atoms with Crippen molar-refractivity contribution < 1.29 is 13.5 Å². The highest BCUT2D eigenvalue weighted by molar-refractivity contribution is 6.35. The Morgan fingerprint density at radius 1 is 1.33 bits per heavy atom. The number of nitrogens with zero attached hydrogens (tertiary/aromatic N) is 2. The lowest BCUT2D eigenvalue weighted by Crippen LogP contribution is -2.07. The Hall–Kier alpha value is -1.33. The quantitative estimate of drug-likeness (QED) is 0.846. The zero-order valence-electron chi connectivity index (χ0n) is 8.99. The first kappa shape index (κ1) is 13.1. The highest BCUT2D eigenvalue weighted by atomic mass is 35.5. The molecule has 0 aliphatic heterocycles. The molecule has 0 bridgehead atoms. The second-order valence-corrected chi connectivity index (χ2v) is 4.24. The lowest BCUT2D eigenvalue weighted by Gasteiger charge is -2.09. The largest absolute Gasteiger partial charge is 0.484 e. The molecule has 0 N–H and O–H groups in total. The van der Waals surface area contributed by atoms with Gasteiger partial charge in [0.15, 0.2) is 5.82 Å². The van der Waals surface area contributed by atoms with Crippen LogP contribution in [-0.2, 0) is 6.61 Å². The van der Waals surface area contributed by atoms with Crippen molar-refractivity contribution >= 4 is 23.2 Å². The Morgan fingerprint density at radius 2 is 2.11 bits per heavy atom. The van der Waals surface area contributed by atoms with E-state index in [1.165, 1.54) is 18.5 Å². The molecule has 0 saturated heterocycles. The van der Waals surface area contributed by atoms with Crippen LogP contribution < -0.4 is 4.74 Å². The monoisotopic (exact) mass is 292 g/mol. The maximum absolute atomic E-state index is 12.5. The minimum Gasteiger partial charge on any atom is -0.484 e. The molecule has 0 spiro atoms. The molecule has 0 aliphatic rings. The van der Waals surface area contributed by atoms with Gasteiger partial charge in [-0.2, -0.15) is 8.78 Å². The molecule has 18 heavy (non-hydrogen) atoms. The van der Waals surface area contributed by atoms with Crippen LogP contribution in [0.3, 0.4) is 0 Å². The summed E-state index contributed by atoms with van der Waals surface area (Å²) in [6, 6.07) is 4.68. The summed E-state index contributed by atoms with van der Waals surface area (Å²) in [7, 11) is 0. The molecule has 0 radical (unpaired) electrons. The van der Waals surface area contributed by atoms with Crippen molar-refractivity contribution in [3.63, 3.8) is 0 Å². The van der Waals surface area contributed by atoms with Gasteiger partial charge in [0.05, 0.1) is 5.02 Å². The van der Waals surface area contributed by atoms with Crippen LogP contribution in [0.4, 0.5) is 8.78 Å². The second kappa shape index (κ2) is 5.54. The number of alkyl halides is 2. The standard InChI is InChI=1S/C11H8Cl2F2N2O/c12-7-1-2-9(8(13)5-7)18-6-10-16-3-4-17(10)11(14)15/h1-5,11H,6H2. The Balaban J connectivity index is 2.09. The fraction of sp³-hybridized carbons (Fsp3) is 0.182. The third-order valence-corrected chi connectivity index (χ3v) is 2.74. The predicted molar refractivity (Wildman–Crippen MR) is 64.3 cm³/mol. The van der Waals surface area contributed by atoms with Gasteiger partial charge in [-0.05, 0) is 18.2 Å². The van der Waals surface area contributed by atoms with E-state index in [1.54, 1.807) is 12.1 Å². The Morgan fingerprint density at radius 3 is 2.78 bits per heavy atom. The summed E-state index contributed by atoms with van der Waals surface area (Å²) in [5.41, 5.74) is 0. The first-order valence-electron chi connectivity index (χ1n) is 4.95. The third-order valence-electron chi connectivity index (χ3n) is 2.21. The summed E-state index contributed by atoms with van der Waals surface area (Å²) in [6.45, 7) is -2.75. The van der Waals surface area contributed by atoms with Crippen molar-refractivity contribution in [2.45, 2.75) is 13.2 Å². The minimum absolute atomic E-state index is 0.0985. The molecule has 3 nitrogen and oxygen atoms in total. The van der Waals surface area contributed by atoms with Gasteiger partial charge in [-0.1, -0.05) is 23.2 Å². The van der Waals surface area contributed by atoms with Crippen LogP contribution in [-0.4, -0.2) is 9.55 Å². The van der Waals surface area contributed by atoms with Crippen molar-refractivity contribution in [2.75, 3.05) is 0 Å². The zero-order valence-corrected chi connectivity index (χ0v) is 10.5. The number of benzene rings is 1. The molecule has 0 unspecified atom stereocenters. The first-order chi connectivity index (χ1) is 8.58. The zero-order chi connectivity index (χ0) is 13.1. The molecular formula is C11H8Cl2F2N2O. The molecule has 1 aromatic carbocycles. The molecule has 2 rings (SSSR count). The molecule has 1 heterocycles. The number of ether oxygens (including phenoxy) is 1. The van der Waals surface area contributed by atoms with E-state index in [4.69, 9.17) is 27.9 Å². The van der Waals surface area contributed by atoms with Gasteiger partial charge in [0.2, 0.25) is 0 Å². The average molecular weight is 293 g/mol. The Labute approximate surface area is 112 Å². The van der Waals surface area contributed by atoms with Crippen LogP contribution in [0.1, 0.15) is 12.4 Å². The van der Waals surface area contributed by atoms with Crippen LogP contribution >= 0.6 is 23.2 Å². The summed E-state index contributed by atoms with van der Waals surface area (Å²) in [6.07, 6.45) is 2.47. The molecule has 0 amide bonds. The summed E-state index contributed by atoms with van der Waals surface area (Å²) in [5, 5.41) is 0.791. The van der Waals surface area contributed by atoms with Crippen molar-refractivity contribution in [1.82, 2.24) is 9.55 Å².